The van der Waals surface area contributed by atoms with Crippen LogP contribution < -0.4 is 15.8 Å². The minimum Gasteiger partial charge on any atom is -0.457 e. The summed E-state index contributed by atoms with van der Waals surface area (Å²) in [5, 5.41) is 2.98. The Kier molecular flexibility index (Phi) is 6.82. The third-order valence-corrected chi connectivity index (χ3v) is 5.53. The molecule has 4 rings (SSSR count). The highest BCUT2D eigenvalue weighted by Crippen LogP contribution is 2.23. The monoisotopic (exact) mass is 429 g/mol. The zero-order valence-electron chi connectivity index (χ0n) is 17.9. The number of hydrogen-bond acceptors (Lipinski definition) is 4. The zero-order valence-corrected chi connectivity index (χ0v) is 17.9. The highest BCUT2D eigenvalue weighted by molar-refractivity contribution is 6.04. The van der Waals surface area contributed by atoms with E-state index in [1.807, 2.05) is 18.2 Å². The topological polar surface area (TPSA) is 84.7 Å². The van der Waals surface area contributed by atoms with E-state index in [1.54, 1.807) is 48.5 Å². The molecule has 2 amide bonds. The molecular weight excluding hydrogens is 402 g/mol. The van der Waals surface area contributed by atoms with Gasteiger partial charge >= 0.3 is 0 Å². The van der Waals surface area contributed by atoms with Crippen LogP contribution in [0.2, 0.25) is 0 Å². The lowest BCUT2D eigenvalue weighted by Crippen LogP contribution is -2.29. The molecule has 1 heterocycles. The molecule has 1 fully saturated rings. The largest absolute Gasteiger partial charge is 0.457 e. The molecule has 0 bridgehead atoms. The molecule has 3 aromatic rings. The molecule has 1 aliphatic rings. The molecule has 1 saturated heterocycles. The van der Waals surface area contributed by atoms with Gasteiger partial charge in [0.1, 0.15) is 11.5 Å². The average Bonchev–Trinajstić information content (AvgIpc) is 2.81. The van der Waals surface area contributed by atoms with Gasteiger partial charge in [0, 0.05) is 23.4 Å². The van der Waals surface area contributed by atoms with E-state index in [0.717, 1.165) is 25.3 Å². The second kappa shape index (κ2) is 10.1. The molecule has 0 spiro atoms. The van der Waals surface area contributed by atoms with E-state index in [4.69, 9.17) is 10.5 Å². The number of ether oxygens (including phenoxy) is 1. The molecular formula is C26H27N3O3. The highest BCUT2D eigenvalue weighted by atomic mass is 16.5. The molecule has 3 N–H and O–H groups in total. The number of benzene rings is 3. The Morgan fingerprint density at radius 3 is 2.09 bits per heavy atom. The van der Waals surface area contributed by atoms with Crippen LogP contribution in [0.15, 0.2) is 72.8 Å². The number of carbonyl (C=O) groups excluding carboxylic acids is 2. The summed E-state index contributed by atoms with van der Waals surface area (Å²) in [6.07, 6.45) is 3.83. The van der Waals surface area contributed by atoms with Gasteiger partial charge in [0.15, 0.2) is 0 Å². The number of likely N-dealkylation sites (tertiary alicyclic amines) is 1. The Balaban J connectivity index is 1.35. The Bertz CT molecular complexity index is 1070. The third-order valence-electron chi connectivity index (χ3n) is 5.53. The van der Waals surface area contributed by atoms with Crippen LogP contribution in [0.25, 0.3) is 0 Å². The number of nitrogens with zero attached hydrogens (tertiary/aromatic N) is 1. The minimum atomic E-state index is -0.482. The first-order valence-electron chi connectivity index (χ1n) is 10.9. The number of nitrogens with one attached hydrogen (secondary N) is 1. The predicted octanol–water partition coefficient (Wildman–Crippen LogP) is 4.82. The predicted molar refractivity (Wildman–Crippen MR) is 125 cm³/mol. The normalized spacial score (nSPS) is 14.0. The number of anilines is 1. The summed E-state index contributed by atoms with van der Waals surface area (Å²) in [5.41, 5.74) is 8.21. The first-order chi connectivity index (χ1) is 15.6. The fourth-order valence-corrected chi connectivity index (χ4v) is 3.82. The van der Waals surface area contributed by atoms with Gasteiger partial charge in [-0.1, -0.05) is 18.6 Å². The summed E-state index contributed by atoms with van der Waals surface area (Å²) in [4.78, 5) is 26.3. The Labute approximate surface area is 188 Å². The summed E-state index contributed by atoms with van der Waals surface area (Å²) in [5.74, 6) is 0.524. The summed E-state index contributed by atoms with van der Waals surface area (Å²) >= 11 is 0. The van der Waals surface area contributed by atoms with E-state index in [-0.39, 0.29) is 5.91 Å². The van der Waals surface area contributed by atoms with Crippen molar-refractivity contribution in [3.8, 4) is 11.5 Å². The fourth-order valence-electron chi connectivity index (χ4n) is 3.82. The zero-order chi connectivity index (χ0) is 22.3. The standard InChI is InChI=1S/C26H27N3O3/c27-25(30)20-7-11-23(12-8-20)32-24-13-9-21(10-14-24)26(31)28-22-6-4-5-19(17-22)18-29-15-2-1-3-16-29/h4-14,17H,1-3,15-16,18H2,(H2,27,30)(H,28,31). The minimum absolute atomic E-state index is 0.169. The lowest BCUT2D eigenvalue weighted by Gasteiger charge is -2.26. The second-order valence-electron chi connectivity index (χ2n) is 8.01. The summed E-state index contributed by atoms with van der Waals surface area (Å²) in [7, 11) is 0. The first-order valence-corrected chi connectivity index (χ1v) is 10.9. The number of primary amides is 1. The molecule has 0 saturated carbocycles. The van der Waals surface area contributed by atoms with Crippen LogP contribution in [0, 0.1) is 0 Å². The van der Waals surface area contributed by atoms with Gasteiger partial charge in [-0.15, -0.1) is 0 Å². The van der Waals surface area contributed by atoms with Crippen molar-refractivity contribution >= 4 is 17.5 Å². The van der Waals surface area contributed by atoms with E-state index in [0.29, 0.717) is 22.6 Å². The van der Waals surface area contributed by atoms with Gasteiger partial charge in [-0.3, -0.25) is 14.5 Å². The van der Waals surface area contributed by atoms with Crippen molar-refractivity contribution in [3.05, 3.63) is 89.5 Å². The maximum absolute atomic E-state index is 12.7. The maximum Gasteiger partial charge on any atom is 0.255 e. The number of rotatable bonds is 7. The number of piperidine rings is 1. The quantitative estimate of drug-likeness (QED) is 0.564. The smallest absolute Gasteiger partial charge is 0.255 e. The summed E-state index contributed by atoms with van der Waals surface area (Å²) in [6, 6.07) is 21.5. The van der Waals surface area contributed by atoms with Gasteiger partial charge in [0.2, 0.25) is 5.91 Å². The molecule has 0 unspecified atom stereocenters. The molecule has 0 aliphatic carbocycles. The number of nitrogens with two attached hydrogens (primary N) is 1. The van der Waals surface area contributed by atoms with Crippen LogP contribution in [-0.2, 0) is 6.54 Å². The Morgan fingerprint density at radius 2 is 1.47 bits per heavy atom. The second-order valence-corrected chi connectivity index (χ2v) is 8.01. The van der Waals surface area contributed by atoms with Crippen LogP contribution in [0.4, 0.5) is 5.69 Å². The maximum atomic E-state index is 12.7. The van der Waals surface area contributed by atoms with Crippen LogP contribution in [0.3, 0.4) is 0 Å². The SMILES string of the molecule is NC(=O)c1ccc(Oc2ccc(C(=O)Nc3cccc(CN4CCCCC4)c3)cc2)cc1. The van der Waals surface area contributed by atoms with E-state index < -0.39 is 5.91 Å². The number of amides is 2. The molecule has 0 aromatic heterocycles. The molecule has 6 heteroatoms. The van der Waals surface area contributed by atoms with Crippen molar-refractivity contribution in [1.82, 2.24) is 4.90 Å². The van der Waals surface area contributed by atoms with Gasteiger partial charge in [-0.2, -0.15) is 0 Å². The number of hydrogen-bond donors (Lipinski definition) is 2. The van der Waals surface area contributed by atoms with Crippen molar-refractivity contribution in [2.45, 2.75) is 25.8 Å². The molecule has 1 aliphatic heterocycles. The van der Waals surface area contributed by atoms with Crippen molar-refractivity contribution < 1.29 is 14.3 Å². The van der Waals surface area contributed by atoms with Crippen LogP contribution >= 0.6 is 0 Å². The molecule has 0 radical (unpaired) electrons. The number of carbonyl (C=O) groups is 2. The Hall–Kier alpha value is -3.64. The van der Waals surface area contributed by atoms with Gasteiger partial charge < -0.3 is 15.8 Å². The van der Waals surface area contributed by atoms with E-state index >= 15 is 0 Å². The summed E-state index contributed by atoms with van der Waals surface area (Å²) < 4.78 is 5.77. The lowest BCUT2D eigenvalue weighted by molar-refractivity contribution is 0.0997. The van der Waals surface area contributed by atoms with Crippen molar-refractivity contribution in [1.29, 1.82) is 0 Å². The highest BCUT2D eigenvalue weighted by Gasteiger charge is 2.12. The van der Waals surface area contributed by atoms with Crippen molar-refractivity contribution in [3.63, 3.8) is 0 Å². The fraction of sp³-hybridized carbons (Fsp3) is 0.231. The van der Waals surface area contributed by atoms with Crippen LogP contribution in [0.1, 0.15) is 45.5 Å². The third kappa shape index (κ3) is 5.74. The first kappa shape index (κ1) is 21.6. The molecule has 3 aromatic carbocycles. The molecule has 6 nitrogen and oxygen atoms in total. The van der Waals surface area contributed by atoms with Crippen molar-refractivity contribution in [2.75, 3.05) is 18.4 Å². The average molecular weight is 430 g/mol. The van der Waals surface area contributed by atoms with Crippen LogP contribution in [0.5, 0.6) is 11.5 Å². The van der Waals surface area contributed by atoms with Gasteiger partial charge in [-0.05, 0) is 92.2 Å². The van der Waals surface area contributed by atoms with Gasteiger partial charge in [0.25, 0.3) is 5.91 Å². The van der Waals surface area contributed by atoms with Crippen molar-refractivity contribution in [2.24, 2.45) is 5.73 Å². The molecule has 32 heavy (non-hydrogen) atoms. The van der Waals surface area contributed by atoms with E-state index in [1.165, 1.54) is 24.8 Å². The summed E-state index contributed by atoms with van der Waals surface area (Å²) in [6.45, 7) is 3.19. The van der Waals surface area contributed by atoms with E-state index in [9.17, 15) is 9.59 Å². The lowest BCUT2D eigenvalue weighted by atomic mass is 10.1. The molecule has 0 atom stereocenters. The van der Waals surface area contributed by atoms with Gasteiger partial charge in [-0.25, -0.2) is 0 Å². The Morgan fingerprint density at radius 1 is 0.844 bits per heavy atom. The van der Waals surface area contributed by atoms with E-state index in [2.05, 4.69) is 16.3 Å². The molecule has 164 valence electrons. The van der Waals surface area contributed by atoms with Crippen LogP contribution in [-0.4, -0.2) is 29.8 Å². The van der Waals surface area contributed by atoms with Gasteiger partial charge in [0.05, 0.1) is 0 Å².